The largest absolute Gasteiger partial charge is 0.379 e. The normalized spacial score (nSPS) is 24.2. The van der Waals surface area contributed by atoms with Gasteiger partial charge < -0.3 is 10.1 Å². The number of nitrogens with zero attached hydrogens (tertiary/aromatic N) is 1. The van der Waals surface area contributed by atoms with Gasteiger partial charge in [-0.05, 0) is 5.56 Å². The molecule has 0 atom stereocenters. The predicted molar refractivity (Wildman–Crippen MR) is 68.2 cm³/mol. The van der Waals surface area contributed by atoms with E-state index in [-0.39, 0.29) is 5.41 Å². The van der Waals surface area contributed by atoms with Crippen LogP contribution >= 0.6 is 0 Å². The van der Waals surface area contributed by atoms with E-state index in [0.717, 1.165) is 45.9 Å². The molecule has 2 saturated heterocycles. The maximum Gasteiger partial charge on any atom is 0.0598 e. The van der Waals surface area contributed by atoms with Crippen LogP contribution in [0, 0.1) is 0 Å². The molecule has 92 valence electrons. The third kappa shape index (κ3) is 2.23. The predicted octanol–water partition coefficient (Wildman–Crippen LogP) is 0.860. The molecule has 17 heavy (non-hydrogen) atoms. The first kappa shape index (κ1) is 11.2. The van der Waals surface area contributed by atoms with Crippen molar-refractivity contribution in [3.63, 3.8) is 0 Å². The van der Waals surface area contributed by atoms with Gasteiger partial charge in [0, 0.05) is 32.7 Å². The lowest BCUT2D eigenvalue weighted by Gasteiger charge is -2.46. The summed E-state index contributed by atoms with van der Waals surface area (Å²) in [4.78, 5) is 2.56. The zero-order valence-electron chi connectivity index (χ0n) is 10.2. The van der Waals surface area contributed by atoms with Gasteiger partial charge in [-0.3, -0.25) is 4.90 Å². The molecular formula is C14H20N2O. The Bertz CT molecular complexity index is 356. The van der Waals surface area contributed by atoms with Crippen LogP contribution in [0.2, 0.25) is 0 Å². The first-order valence-electron chi connectivity index (χ1n) is 6.45. The molecule has 3 heteroatoms. The Morgan fingerprint density at radius 2 is 1.82 bits per heavy atom. The number of hydrogen-bond acceptors (Lipinski definition) is 3. The second-order valence-corrected chi connectivity index (χ2v) is 5.17. The van der Waals surface area contributed by atoms with E-state index in [1.165, 1.54) is 5.56 Å². The fourth-order valence-electron chi connectivity index (χ4n) is 2.79. The Labute approximate surface area is 103 Å². The minimum absolute atomic E-state index is 0.249. The van der Waals surface area contributed by atoms with Gasteiger partial charge in [0.1, 0.15) is 0 Å². The number of nitrogens with one attached hydrogen (secondary N) is 1. The van der Waals surface area contributed by atoms with Crippen molar-refractivity contribution in [1.82, 2.24) is 10.2 Å². The van der Waals surface area contributed by atoms with Crippen LogP contribution in [-0.4, -0.2) is 50.8 Å². The third-order valence-corrected chi connectivity index (χ3v) is 3.88. The second kappa shape index (κ2) is 4.77. The first-order valence-corrected chi connectivity index (χ1v) is 6.45. The van der Waals surface area contributed by atoms with E-state index in [1.807, 2.05) is 0 Å². The summed E-state index contributed by atoms with van der Waals surface area (Å²) in [5.41, 5.74) is 1.68. The number of ether oxygens (including phenoxy) is 1. The molecule has 0 spiro atoms. The van der Waals surface area contributed by atoms with Crippen LogP contribution in [0.25, 0.3) is 0 Å². The van der Waals surface area contributed by atoms with Gasteiger partial charge in [0.25, 0.3) is 0 Å². The van der Waals surface area contributed by atoms with Crippen LogP contribution in [0.3, 0.4) is 0 Å². The Morgan fingerprint density at radius 1 is 1.12 bits per heavy atom. The minimum Gasteiger partial charge on any atom is -0.379 e. The summed E-state index contributed by atoms with van der Waals surface area (Å²) in [5, 5.41) is 3.40. The quantitative estimate of drug-likeness (QED) is 0.836. The van der Waals surface area contributed by atoms with Gasteiger partial charge in [0.2, 0.25) is 0 Å². The molecule has 2 aliphatic rings. The van der Waals surface area contributed by atoms with Crippen molar-refractivity contribution in [1.29, 1.82) is 0 Å². The zero-order valence-corrected chi connectivity index (χ0v) is 10.2. The van der Waals surface area contributed by atoms with E-state index in [0.29, 0.717) is 0 Å². The lowest BCUT2D eigenvalue weighted by molar-refractivity contribution is -0.0756. The first-order chi connectivity index (χ1) is 8.39. The van der Waals surface area contributed by atoms with E-state index in [2.05, 4.69) is 40.5 Å². The van der Waals surface area contributed by atoms with E-state index in [1.54, 1.807) is 0 Å². The topological polar surface area (TPSA) is 24.5 Å². The van der Waals surface area contributed by atoms with Crippen molar-refractivity contribution >= 4 is 0 Å². The van der Waals surface area contributed by atoms with Gasteiger partial charge in [0.15, 0.2) is 0 Å². The van der Waals surface area contributed by atoms with Crippen molar-refractivity contribution in [2.24, 2.45) is 0 Å². The van der Waals surface area contributed by atoms with Crippen LogP contribution in [0.4, 0.5) is 0 Å². The number of piperazine rings is 1. The molecular weight excluding hydrogens is 212 g/mol. The summed E-state index contributed by atoms with van der Waals surface area (Å²) in [6.45, 7) is 7.45. The summed E-state index contributed by atoms with van der Waals surface area (Å²) >= 11 is 0. The third-order valence-electron chi connectivity index (χ3n) is 3.88. The monoisotopic (exact) mass is 232 g/mol. The highest BCUT2D eigenvalue weighted by atomic mass is 16.5. The Balaban J connectivity index is 1.73. The summed E-state index contributed by atoms with van der Waals surface area (Å²) < 4.78 is 5.49. The average molecular weight is 232 g/mol. The van der Waals surface area contributed by atoms with Crippen LogP contribution in [-0.2, 0) is 10.2 Å². The molecule has 1 aromatic rings. The second-order valence-electron chi connectivity index (χ2n) is 5.17. The van der Waals surface area contributed by atoms with Gasteiger partial charge in [-0.15, -0.1) is 0 Å². The molecule has 0 unspecified atom stereocenters. The molecule has 2 aliphatic heterocycles. The van der Waals surface area contributed by atoms with E-state index in [4.69, 9.17) is 4.74 Å². The lowest BCUT2D eigenvalue weighted by Crippen LogP contribution is -2.57. The highest BCUT2D eigenvalue weighted by Crippen LogP contribution is 2.33. The van der Waals surface area contributed by atoms with E-state index < -0.39 is 0 Å². The summed E-state index contributed by atoms with van der Waals surface area (Å²) in [5.74, 6) is 0. The fourth-order valence-corrected chi connectivity index (χ4v) is 2.79. The van der Waals surface area contributed by atoms with Crippen molar-refractivity contribution in [3.05, 3.63) is 35.9 Å². The maximum atomic E-state index is 5.49. The summed E-state index contributed by atoms with van der Waals surface area (Å²) in [6, 6.07) is 10.8. The molecule has 2 heterocycles. The standard InChI is InChI=1S/C14H20N2O/c1-2-4-13(5-3-1)14(11-17-12-14)10-16-8-6-15-7-9-16/h1-5,15H,6-12H2. The number of benzene rings is 1. The molecule has 1 N–H and O–H groups in total. The fraction of sp³-hybridized carbons (Fsp3) is 0.571. The molecule has 0 aliphatic carbocycles. The van der Waals surface area contributed by atoms with Gasteiger partial charge in [-0.25, -0.2) is 0 Å². The van der Waals surface area contributed by atoms with Crippen LogP contribution in [0.1, 0.15) is 5.56 Å². The minimum atomic E-state index is 0.249. The molecule has 3 nitrogen and oxygen atoms in total. The number of rotatable bonds is 3. The van der Waals surface area contributed by atoms with Crippen LogP contribution in [0.5, 0.6) is 0 Å². The van der Waals surface area contributed by atoms with Crippen molar-refractivity contribution < 1.29 is 4.74 Å². The Morgan fingerprint density at radius 3 is 2.41 bits per heavy atom. The van der Waals surface area contributed by atoms with E-state index in [9.17, 15) is 0 Å². The molecule has 1 aromatic carbocycles. The highest BCUT2D eigenvalue weighted by Gasteiger charge is 2.41. The van der Waals surface area contributed by atoms with Crippen molar-refractivity contribution in [3.8, 4) is 0 Å². The Hall–Kier alpha value is -0.900. The van der Waals surface area contributed by atoms with Crippen molar-refractivity contribution in [2.75, 3.05) is 45.9 Å². The summed E-state index contributed by atoms with van der Waals surface area (Å²) in [6.07, 6.45) is 0. The molecule has 0 radical (unpaired) electrons. The van der Waals surface area contributed by atoms with E-state index >= 15 is 0 Å². The Kier molecular flexibility index (Phi) is 3.14. The molecule has 0 saturated carbocycles. The van der Waals surface area contributed by atoms with Crippen molar-refractivity contribution in [2.45, 2.75) is 5.41 Å². The van der Waals surface area contributed by atoms with Crippen LogP contribution < -0.4 is 5.32 Å². The molecule has 3 rings (SSSR count). The van der Waals surface area contributed by atoms with Gasteiger partial charge in [-0.2, -0.15) is 0 Å². The molecule has 2 fully saturated rings. The highest BCUT2D eigenvalue weighted by molar-refractivity contribution is 5.28. The average Bonchev–Trinajstić information content (AvgIpc) is 2.36. The van der Waals surface area contributed by atoms with Crippen LogP contribution in [0.15, 0.2) is 30.3 Å². The summed E-state index contributed by atoms with van der Waals surface area (Å²) in [7, 11) is 0. The van der Waals surface area contributed by atoms with Gasteiger partial charge in [0.05, 0.1) is 18.6 Å². The zero-order chi connectivity index (χ0) is 11.6. The molecule has 0 amide bonds. The smallest absolute Gasteiger partial charge is 0.0598 e. The number of hydrogen-bond donors (Lipinski definition) is 1. The van der Waals surface area contributed by atoms with Gasteiger partial charge >= 0.3 is 0 Å². The lowest BCUT2D eigenvalue weighted by atomic mass is 9.78. The molecule has 0 bridgehead atoms. The maximum absolute atomic E-state index is 5.49. The SMILES string of the molecule is c1ccc(C2(CN3CCNCC3)COC2)cc1. The van der Waals surface area contributed by atoms with Gasteiger partial charge in [-0.1, -0.05) is 30.3 Å². The molecule has 0 aromatic heterocycles.